The molecule has 4 heterocycles. The highest BCUT2D eigenvalue weighted by Gasteiger charge is 2.36. The molecule has 2 fully saturated rings. The number of rotatable bonds is 3. The van der Waals surface area contributed by atoms with E-state index in [-0.39, 0.29) is 17.9 Å². The van der Waals surface area contributed by atoms with E-state index in [4.69, 9.17) is 4.42 Å². The van der Waals surface area contributed by atoms with Crippen LogP contribution in [0.3, 0.4) is 0 Å². The van der Waals surface area contributed by atoms with Crippen molar-refractivity contribution in [1.82, 2.24) is 19.6 Å². The van der Waals surface area contributed by atoms with Gasteiger partial charge in [-0.05, 0) is 18.9 Å². The molecule has 0 radical (unpaired) electrons. The van der Waals surface area contributed by atoms with E-state index in [9.17, 15) is 9.59 Å². The van der Waals surface area contributed by atoms with Crippen LogP contribution in [0.2, 0.25) is 0 Å². The summed E-state index contributed by atoms with van der Waals surface area (Å²) in [5, 5.41) is 4.17. The first-order chi connectivity index (χ1) is 12.6. The Balaban J connectivity index is 1.39. The van der Waals surface area contributed by atoms with Gasteiger partial charge in [-0.1, -0.05) is 0 Å². The summed E-state index contributed by atoms with van der Waals surface area (Å²) in [6, 6.07) is 1.57. The van der Waals surface area contributed by atoms with Crippen LogP contribution >= 0.6 is 0 Å². The third kappa shape index (κ3) is 3.12. The van der Waals surface area contributed by atoms with E-state index in [1.165, 1.54) is 12.5 Å². The Morgan fingerprint density at radius 3 is 2.69 bits per heavy atom. The van der Waals surface area contributed by atoms with Crippen LogP contribution in [0.25, 0.3) is 0 Å². The van der Waals surface area contributed by atoms with Gasteiger partial charge in [-0.3, -0.25) is 19.2 Å². The summed E-state index contributed by atoms with van der Waals surface area (Å²) in [5.74, 6) is 0.129. The van der Waals surface area contributed by atoms with Gasteiger partial charge in [0.2, 0.25) is 5.91 Å². The lowest BCUT2D eigenvalue weighted by molar-refractivity contribution is -0.126. The first-order valence-corrected chi connectivity index (χ1v) is 8.99. The maximum Gasteiger partial charge on any atom is 0.257 e. The summed E-state index contributed by atoms with van der Waals surface area (Å²) in [7, 11) is 1.85. The average Bonchev–Trinajstić information content (AvgIpc) is 3.33. The number of hydrogen-bond acceptors (Lipinski definition) is 5. The van der Waals surface area contributed by atoms with Gasteiger partial charge in [-0.25, -0.2) is 0 Å². The number of carbonyl (C=O) groups is 2. The van der Waals surface area contributed by atoms with Crippen molar-refractivity contribution in [2.45, 2.75) is 18.9 Å². The molecule has 2 aromatic rings. The molecule has 0 bridgehead atoms. The summed E-state index contributed by atoms with van der Waals surface area (Å²) in [4.78, 5) is 31.3. The van der Waals surface area contributed by atoms with Gasteiger partial charge in [0.15, 0.2) is 0 Å². The van der Waals surface area contributed by atoms with Gasteiger partial charge in [0.25, 0.3) is 5.91 Å². The predicted octanol–water partition coefficient (Wildman–Crippen LogP) is 0.966. The maximum absolute atomic E-state index is 13.0. The maximum atomic E-state index is 13.0. The van der Waals surface area contributed by atoms with Crippen LogP contribution in [0.15, 0.2) is 35.4 Å². The van der Waals surface area contributed by atoms with Gasteiger partial charge < -0.3 is 14.2 Å². The number of carbonyl (C=O) groups excluding carboxylic acids is 2. The second-order valence-corrected chi connectivity index (χ2v) is 6.86. The number of amides is 2. The van der Waals surface area contributed by atoms with Crippen molar-refractivity contribution < 1.29 is 14.0 Å². The zero-order chi connectivity index (χ0) is 18.1. The van der Waals surface area contributed by atoms with Gasteiger partial charge in [0.1, 0.15) is 6.26 Å². The number of aromatic nitrogens is 2. The Labute approximate surface area is 151 Å². The van der Waals surface area contributed by atoms with Crippen LogP contribution in [0.4, 0.5) is 5.69 Å². The van der Waals surface area contributed by atoms with Crippen molar-refractivity contribution in [1.29, 1.82) is 0 Å². The molecule has 0 aromatic carbocycles. The van der Waals surface area contributed by atoms with Crippen molar-refractivity contribution in [2.24, 2.45) is 7.05 Å². The number of anilines is 1. The second kappa shape index (κ2) is 6.95. The lowest BCUT2D eigenvalue weighted by Gasteiger charge is -2.42. The Bertz CT molecular complexity index is 777. The van der Waals surface area contributed by atoms with E-state index < -0.39 is 0 Å². The van der Waals surface area contributed by atoms with Gasteiger partial charge in [0, 0.05) is 46.0 Å². The van der Waals surface area contributed by atoms with Crippen LogP contribution in [0, 0.1) is 0 Å². The summed E-state index contributed by atoms with van der Waals surface area (Å²) < 4.78 is 6.71. The Kier molecular flexibility index (Phi) is 4.50. The van der Waals surface area contributed by atoms with Crippen LogP contribution in [-0.4, -0.2) is 70.2 Å². The van der Waals surface area contributed by atoms with Gasteiger partial charge in [-0.2, -0.15) is 5.10 Å². The summed E-state index contributed by atoms with van der Waals surface area (Å²) >= 11 is 0. The molecular weight excluding hydrogens is 334 g/mol. The number of aryl methyl sites for hydroxylation is 1. The Morgan fingerprint density at radius 1 is 1.23 bits per heavy atom. The Morgan fingerprint density at radius 2 is 2.04 bits per heavy atom. The van der Waals surface area contributed by atoms with Crippen molar-refractivity contribution in [3.05, 3.63) is 36.5 Å². The molecule has 2 aromatic heterocycles. The average molecular weight is 357 g/mol. The first kappa shape index (κ1) is 16.8. The SMILES string of the molecule is Cn1cc(N2CCC[C@H](N3CCN(C(=O)c4ccoc4)CC3)C2=O)cn1. The topological polar surface area (TPSA) is 74.8 Å². The minimum atomic E-state index is -0.116. The number of furan rings is 1. The zero-order valence-corrected chi connectivity index (χ0v) is 14.9. The molecule has 0 unspecified atom stereocenters. The molecule has 4 rings (SSSR count). The third-order valence-electron chi connectivity index (χ3n) is 5.22. The van der Waals surface area contributed by atoms with E-state index in [1.807, 2.05) is 23.0 Å². The highest BCUT2D eigenvalue weighted by molar-refractivity contribution is 5.98. The van der Waals surface area contributed by atoms with Crippen LogP contribution in [-0.2, 0) is 11.8 Å². The van der Waals surface area contributed by atoms with Crippen LogP contribution in [0.1, 0.15) is 23.2 Å². The normalized spacial score (nSPS) is 22.0. The number of nitrogens with zero attached hydrogens (tertiary/aromatic N) is 5. The fourth-order valence-corrected chi connectivity index (χ4v) is 3.80. The molecule has 0 N–H and O–H groups in total. The number of piperidine rings is 1. The molecule has 138 valence electrons. The molecule has 8 nitrogen and oxygen atoms in total. The van der Waals surface area contributed by atoms with Gasteiger partial charge >= 0.3 is 0 Å². The molecule has 0 spiro atoms. The van der Waals surface area contributed by atoms with Gasteiger partial charge in [0.05, 0.1) is 29.8 Å². The fourth-order valence-electron chi connectivity index (χ4n) is 3.80. The molecule has 2 aliphatic heterocycles. The zero-order valence-electron chi connectivity index (χ0n) is 14.9. The standard InChI is InChI=1S/C18H23N5O3/c1-20-12-15(11-19-20)23-5-2-3-16(18(23)25)21-6-8-22(9-7-21)17(24)14-4-10-26-13-14/h4,10-13,16H,2-3,5-9H2,1H3/t16-/m0/s1. The largest absolute Gasteiger partial charge is 0.472 e. The molecule has 2 amide bonds. The van der Waals surface area contributed by atoms with Gasteiger partial charge in [-0.15, -0.1) is 0 Å². The highest BCUT2D eigenvalue weighted by atomic mass is 16.3. The van der Waals surface area contributed by atoms with E-state index in [0.29, 0.717) is 31.7 Å². The first-order valence-electron chi connectivity index (χ1n) is 8.99. The monoisotopic (exact) mass is 357 g/mol. The van der Waals surface area contributed by atoms with Crippen LogP contribution < -0.4 is 4.90 Å². The molecule has 26 heavy (non-hydrogen) atoms. The minimum absolute atomic E-state index is 0.00893. The highest BCUT2D eigenvalue weighted by Crippen LogP contribution is 2.24. The third-order valence-corrected chi connectivity index (χ3v) is 5.22. The second-order valence-electron chi connectivity index (χ2n) is 6.86. The summed E-state index contributed by atoms with van der Waals surface area (Å²) in [5.41, 5.74) is 1.44. The molecule has 1 atom stereocenters. The lowest BCUT2D eigenvalue weighted by atomic mass is 10.0. The quantitative estimate of drug-likeness (QED) is 0.818. The lowest BCUT2D eigenvalue weighted by Crippen LogP contribution is -2.58. The molecule has 0 aliphatic carbocycles. The molecule has 2 aliphatic rings. The predicted molar refractivity (Wildman–Crippen MR) is 94.8 cm³/mol. The van der Waals surface area contributed by atoms with Crippen molar-refractivity contribution >= 4 is 17.5 Å². The van der Waals surface area contributed by atoms with E-state index in [0.717, 1.165) is 25.1 Å². The van der Waals surface area contributed by atoms with Crippen LogP contribution in [0.5, 0.6) is 0 Å². The Hall–Kier alpha value is -2.61. The minimum Gasteiger partial charge on any atom is -0.472 e. The van der Waals surface area contributed by atoms with E-state index in [1.54, 1.807) is 16.9 Å². The number of hydrogen-bond donors (Lipinski definition) is 0. The number of piperazine rings is 1. The smallest absolute Gasteiger partial charge is 0.257 e. The van der Waals surface area contributed by atoms with E-state index >= 15 is 0 Å². The molecule has 0 saturated carbocycles. The molecule has 8 heteroatoms. The van der Waals surface area contributed by atoms with Crippen molar-refractivity contribution in [3.63, 3.8) is 0 Å². The summed E-state index contributed by atoms with van der Waals surface area (Å²) in [6.07, 6.45) is 8.44. The van der Waals surface area contributed by atoms with E-state index in [2.05, 4.69) is 10.00 Å². The summed E-state index contributed by atoms with van der Waals surface area (Å²) in [6.45, 7) is 3.41. The van der Waals surface area contributed by atoms with Crippen molar-refractivity contribution in [2.75, 3.05) is 37.6 Å². The molecular formula is C18H23N5O3. The van der Waals surface area contributed by atoms with Crippen molar-refractivity contribution in [3.8, 4) is 0 Å². The fraction of sp³-hybridized carbons (Fsp3) is 0.500. The molecule has 2 saturated heterocycles.